The van der Waals surface area contributed by atoms with Crippen LogP contribution in [0.5, 0.6) is 0 Å². The molecule has 1 nitrogen and oxygen atoms in total. The fourth-order valence-corrected chi connectivity index (χ4v) is 0.782. The highest BCUT2D eigenvalue weighted by Crippen LogP contribution is 2.01. The Balaban J connectivity index is 4.22. The molecule has 2 heteroatoms. The van der Waals surface area contributed by atoms with E-state index in [2.05, 4.69) is 43.7 Å². The maximum absolute atomic E-state index is 3.83. The Labute approximate surface area is 74.5 Å². The number of thiol groups is 1. The van der Waals surface area contributed by atoms with Crippen LogP contribution in [0.1, 0.15) is 20.8 Å². The summed E-state index contributed by atoms with van der Waals surface area (Å²) in [5, 5.41) is 0. The van der Waals surface area contributed by atoms with Gasteiger partial charge in [0.2, 0.25) is 0 Å². The van der Waals surface area contributed by atoms with Gasteiger partial charge in [0, 0.05) is 0 Å². The van der Waals surface area contributed by atoms with Crippen LogP contribution in [0, 0.1) is 5.92 Å². The first-order valence-corrected chi connectivity index (χ1v) is 4.04. The van der Waals surface area contributed by atoms with Crippen LogP contribution in [0.15, 0.2) is 28.7 Å². The van der Waals surface area contributed by atoms with Crippen LogP contribution in [0.3, 0.4) is 0 Å². The number of rotatable bonds is 3. The van der Waals surface area contributed by atoms with E-state index in [0.717, 1.165) is 11.3 Å². The first-order valence-electron chi connectivity index (χ1n) is 3.64. The molecule has 0 aliphatic heterocycles. The van der Waals surface area contributed by atoms with E-state index in [1.165, 1.54) is 0 Å². The van der Waals surface area contributed by atoms with Crippen molar-refractivity contribution in [3.8, 4) is 0 Å². The number of nitrogens with zero attached hydrogens (tertiary/aromatic N) is 1. The molecule has 0 fully saturated rings. The molecule has 0 N–H and O–H groups in total. The normalized spacial score (nSPS) is 13.0. The van der Waals surface area contributed by atoms with E-state index in [9.17, 15) is 0 Å². The first-order chi connectivity index (χ1) is 5.07. The summed E-state index contributed by atoms with van der Waals surface area (Å²) in [5.74, 6) is 0.541. The van der Waals surface area contributed by atoms with Gasteiger partial charge in [-0.1, -0.05) is 26.5 Å². The average molecular weight is 169 g/mol. The summed E-state index contributed by atoms with van der Waals surface area (Å²) in [7, 11) is 0. The summed E-state index contributed by atoms with van der Waals surface area (Å²) in [6.07, 6.45) is 4.02. The quantitative estimate of drug-likeness (QED) is 0.492. The average Bonchev–Trinajstić information content (AvgIpc) is 1.87. The van der Waals surface area contributed by atoms with Crippen molar-refractivity contribution >= 4 is 18.5 Å². The van der Waals surface area contributed by atoms with Crippen LogP contribution in [-0.2, 0) is 0 Å². The molecular formula is C9H15NS. The van der Waals surface area contributed by atoms with Gasteiger partial charge in [0.1, 0.15) is 0 Å². The largest absolute Gasteiger partial charge is 0.220 e. The standard InChI is InChI=1S/C9H15NS/c1-7(2)5-6-9(10-11)8(3)4/h5-7,11H,3H2,1-2,4H3/b6-5-,10-9+. The Morgan fingerprint density at radius 3 is 2.36 bits per heavy atom. The Morgan fingerprint density at radius 2 is 2.09 bits per heavy atom. The second-order valence-electron chi connectivity index (χ2n) is 2.87. The molecule has 0 amide bonds. The number of hydrogen-bond donors (Lipinski definition) is 1. The van der Waals surface area contributed by atoms with Crippen LogP contribution < -0.4 is 0 Å². The van der Waals surface area contributed by atoms with Gasteiger partial charge in [-0.15, -0.1) is 0 Å². The Kier molecular flexibility index (Phi) is 4.95. The second-order valence-corrected chi connectivity index (χ2v) is 3.07. The van der Waals surface area contributed by atoms with Crippen LogP contribution in [-0.4, -0.2) is 5.71 Å². The van der Waals surface area contributed by atoms with Crippen LogP contribution in [0.4, 0.5) is 0 Å². The SMILES string of the molecule is C=C(C)C(/C=C\C(C)C)=N/S. The molecule has 0 aliphatic carbocycles. The molecule has 62 valence electrons. The highest BCUT2D eigenvalue weighted by atomic mass is 32.1. The third-order valence-electron chi connectivity index (χ3n) is 1.18. The van der Waals surface area contributed by atoms with Crippen LogP contribution >= 0.6 is 12.8 Å². The van der Waals surface area contributed by atoms with Gasteiger partial charge in [-0.2, -0.15) is 0 Å². The second kappa shape index (κ2) is 5.19. The van der Waals surface area contributed by atoms with Crippen molar-refractivity contribution in [1.29, 1.82) is 0 Å². The monoisotopic (exact) mass is 169 g/mol. The first kappa shape index (κ1) is 10.5. The summed E-state index contributed by atoms with van der Waals surface area (Å²) in [6, 6.07) is 0. The summed E-state index contributed by atoms with van der Waals surface area (Å²) < 4.78 is 3.78. The summed E-state index contributed by atoms with van der Waals surface area (Å²) in [6.45, 7) is 9.92. The van der Waals surface area contributed by atoms with Gasteiger partial charge in [0.05, 0.1) is 5.71 Å². The highest BCUT2D eigenvalue weighted by molar-refractivity contribution is 7.79. The zero-order valence-electron chi connectivity index (χ0n) is 7.33. The van der Waals surface area contributed by atoms with E-state index in [0.29, 0.717) is 5.92 Å². The van der Waals surface area contributed by atoms with Crippen molar-refractivity contribution in [1.82, 2.24) is 0 Å². The molecule has 0 bridgehead atoms. The lowest BCUT2D eigenvalue weighted by Gasteiger charge is -1.97. The Hall–Kier alpha value is -0.500. The maximum Gasteiger partial charge on any atom is 0.0730 e. The summed E-state index contributed by atoms with van der Waals surface area (Å²) in [4.78, 5) is 0. The lowest BCUT2D eigenvalue weighted by Crippen LogP contribution is -1.93. The molecule has 0 aromatic heterocycles. The molecule has 0 atom stereocenters. The summed E-state index contributed by atoms with van der Waals surface area (Å²) >= 11 is 3.83. The van der Waals surface area contributed by atoms with Crippen molar-refractivity contribution in [2.45, 2.75) is 20.8 Å². The van der Waals surface area contributed by atoms with Gasteiger partial charge >= 0.3 is 0 Å². The lowest BCUT2D eigenvalue weighted by atomic mass is 10.1. The van der Waals surface area contributed by atoms with Gasteiger partial charge in [-0.25, -0.2) is 4.40 Å². The molecule has 0 saturated heterocycles. The van der Waals surface area contributed by atoms with Crippen molar-refractivity contribution < 1.29 is 0 Å². The van der Waals surface area contributed by atoms with E-state index < -0.39 is 0 Å². The minimum Gasteiger partial charge on any atom is -0.220 e. The fourth-order valence-electron chi connectivity index (χ4n) is 0.545. The van der Waals surface area contributed by atoms with Crippen molar-refractivity contribution in [3.63, 3.8) is 0 Å². The minimum atomic E-state index is 0.541. The van der Waals surface area contributed by atoms with E-state index in [1.54, 1.807) is 0 Å². The zero-order valence-corrected chi connectivity index (χ0v) is 8.23. The fraction of sp³-hybridized carbons (Fsp3) is 0.444. The van der Waals surface area contributed by atoms with E-state index in [4.69, 9.17) is 0 Å². The van der Waals surface area contributed by atoms with E-state index in [1.807, 2.05) is 13.0 Å². The molecule has 0 aliphatic rings. The van der Waals surface area contributed by atoms with Gasteiger partial charge < -0.3 is 0 Å². The molecule has 0 saturated carbocycles. The summed E-state index contributed by atoms with van der Waals surface area (Å²) in [5.41, 5.74) is 1.79. The smallest absolute Gasteiger partial charge is 0.0730 e. The van der Waals surface area contributed by atoms with Gasteiger partial charge in [0.15, 0.2) is 0 Å². The van der Waals surface area contributed by atoms with Crippen molar-refractivity contribution in [2.75, 3.05) is 0 Å². The molecule has 0 heterocycles. The lowest BCUT2D eigenvalue weighted by molar-refractivity contribution is 0.833. The van der Waals surface area contributed by atoms with Crippen LogP contribution in [0.25, 0.3) is 0 Å². The molecular weight excluding hydrogens is 154 g/mol. The zero-order chi connectivity index (χ0) is 8.85. The van der Waals surface area contributed by atoms with Crippen LogP contribution in [0.2, 0.25) is 0 Å². The van der Waals surface area contributed by atoms with Gasteiger partial charge in [-0.3, -0.25) is 0 Å². The molecule has 0 aromatic carbocycles. The number of hydrogen-bond acceptors (Lipinski definition) is 2. The molecule has 0 unspecified atom stereocenters. The predicted molar refractivity (Wildman–Crippen MR) is 55.2 cm³/mol. The third kappa shape index (κ3) is 4.85. The minimum absolute atomic E-state index is 0.541. The van der Waals surface area contributed by atoms with E-state index in [-0.39, 0.29) is 0 Å². The van der Waals surface area contributed by atoms with E-state index >= 15 is 0 Å². The molecule has 11 heavy (non-hydrogen) atoms. The Bertz CT molecular complexity index is 190. The van der Waals surface area contributed by atoms with Gasteiger partial charge in [0.25, 0.3) is 0 Å². The molecule has 0 aromatic rings. The number of allylic oxidation sites excluding steroid dienone is 3. The topological polar surface area (TPSA) is 12.4 Å². The molecule has 0 spiro atoms. The maximum atomic E-state index is 3.83. The van der Waals surface area contributed by atoms with Gasteiger partial charge in [-0.05, 0) is 37.3 Å². The predicted octanol–water partition coefficient (Wildman–Crippen LogP) is 3.06. The Morgan fingerprint density at radius 1 is 1.55 bits per heavy atom. The molecule has 0 rings (SSSR count). The van der Waals surface area contributed by atoms with Crippen molar-refractivity contribution in [2.24, 2.45) is 10.3 Å². The van der Waals surface area contributed by atoms with Crippen molar-refractivity contribution in [3.05, 3.63) is 24.3 Å². The molecule has 0 radical (unpaired) electrons. The highest BCUT2D eigenvalue weighted by Gasteiger charge is 1.93. The third-order valence-corrected chi connectivity index (χ3v) is 1.40.